The average Bonchev–Trinajstić information content (AvgIpc) is 3.31. The molecule has 0 spiro atoms. The van der Waals surface area contributed by atoms with Crippen LogP contribution in [0.5, 0.6) is 0 Å². The molecule has 1 amide bonds. The Balaban J connectivity index is 1.32. The van der Waals surface area contributed by atoms with Crippen molar-refractivity contribution < 1.29 is 4.79 Å². The summed E-state index contributed by atoms with van der Waals surface area (Å²) in [5, 5.41) is 7.00. The van der Waals surface area contributed by atoms with Crippen LogP contribution in [0.25, 0.3) is 0 Å². The molecule has 29 heavy (non-hydrogen) atoms. The number of nitrogens with one attached hydrogen (secondary N) is 1. The van der Waals surface area contributed by atoms with Gasteiger partial charge in [-0.25, -0.2) is 15.0 Å². The van der Waals surface area contributed by atoms with Gasteiger partial charge in [-0.3, -0.25) is 9.48 Å². The van der Waals surface area contributed by atoms with Gasteiger partial charge in [0.15, 0.2) is 0 Å². The van der Waals surface area contributed by atoms with Gasteiger partial charge in [0.2, 0.25) is 5.91 Å². The van der Waals surface area contributed by atoms with E-state index in [4.69, 9.17) is 0 Å². The summed E-state index contributed by atoms with van der Waals surface area (Å²) >= 11 is 0. The predicted octanol–water partition coefficient (Wildman–Crippen LogP) is 1.10. The van der Waals surface area contributed by atoms with E-state index in [0.29, 0.717) is 19.5 Å². The largest absolute Gasteiger partial charge is 0.353 e. The number of carbonyl (C=O) groups excluding carboxylic acids is 1. The Labute approximate surface area is 169 Å². The van der Waals surface area contributed by atoms with Crippen molar-refractivity contribution in [1.29, 1.82) is 0 Å². The highest BCUT2D eigenvalue weighted by atomic mass is 16.1. The Bertz CT molecular complexity index is 907. The second-order valence-corrected chi connectivity index (χ2v) is 6.83. The molecular formula is C20H24N8O. The number of hydrogen-bond acceptors (Lipinski definition) is 7. The first-order chi connectivity index (χ1) is 14.3. The highest BCUT2D eigenvalue weighted by Crippen LogP contribution is 2.20. The molecule has 1 saturated heterocycles. The first-order valence-electron chi connectivity index (χ1n) is 9.73. The molecule has 0 saturated carbocycles. The van der Waals surface area contributed by atoms with Gasteiger partial charge in [-0.1, -0.05) is 12.1 Å². The van der Waals surface area contributed by atoms with Crippen molar-refractivity contribution in [2.24, 2.45) is 0 Å². The zero-order chi connectivity index (χ0) is 19.9. The normalized spacial score (nSPS) is 14.1. The van der Waals surface area contributed by atoms with E-state index in [1.54, 1.807) is 17.2 Å². The number of anilines is 2. The zero-order valence-corrected chi connectivity index (χ0v) is 16.2. The lowest BCUT2D eigenvalue weighted by Gasteiger charge is -2.36. The van der Waals surface area contributed by atoms with Crippen LogP contribution in [-0.4, -0.2) is 56.8 Å². The summed E-state index contributed by atoms with van der Waals surface area (Å²) in [5.41, 5.74) is 1.02. The second kappa shape index (κ2) is 9.13. The number of piperazine rings is 1. The predicted molar refractivity (Wildman–Crippen MR) is 109 cm³/mol. The summed E-state index contributed by atoms with van der Waals surface area (Å²) in [5.74, 6) is 1.92. The number of aromatic nitrogens is 5. The maximum atomic E-state index is 12.2. The lowest BCUT2D eigenvalue weighted by Crippen LogP contribution is -2.47. The van der Waals surface area contributed by atoms with Crippen LogP contribution in [-0.2, 0) is 17.9 Å². The van der Waals surface area contributed by atoms with Crippen LogP contribution in [0.3, 0.4) is 0 Å². The summed E-state index contributed by atoms with van der Waals surface area (Å²) in [4.78, 5) is 29.6. The van der Waals surface area contributed by atoms with Gasteiger partial charge in [0, 0.05) is 57.1 Å². The van der Waals surface area contributed by atoms with E-state index in [1.165, 1.54) is 6.33 Å². The molecule has 3 aromatic heterocycles. The van der Waals surface area contributed by atoms with Gasteiger partial charge in [0.25, 0.3) is 0 Å². The van der Waals surface area contributed by atoms with E-state index in [0.717, 1.165) is 43.4 Å². The molecule has 1 aliphatic rings. The van der Waals surface area contributed by atoms with E-state index >= 15 is 0 Å². The number of amides is 1. The number of aryl methyl sites for hydroxylation is 1. The van der Waals surface area contributed by atoms with Crippen LogP contribution in [0.15, 0.2) is 55.4 Å². The lowest BCUT2D eigenvalue weighted by molar-refractivity contribution is -0.121. The molecule has 4 rings (SSSR count). The van der Waals surface area contributed by atoms with Crippen LogP contribution in [0.2, 0.25) is 0 Å². The number of carbonyl (C=O) groups is 1. The molecule has 0 radical (unpaired) electrons. The molecule has 0 unspecified atom stereocenters. The van der Waals surface area contributed by atoms with Gasteiger partial charge in [-0.15, -0.1) is 0 Å². The second-order valence-electron chi connectivity index (χ2n) is 6.83. The molecule has 3 aromatic rings. The number of hydrogen-bond donors (Lipinski definition) is 1. The smallest absolute Gasteiger partial charge is 0.222 e. The molecule has 4 heterocycles. The molecule has 0 bridgehead atoms. The number of rotatable bonds is 7. The Morgan fingerprint density at radius 1 is 1.00 bits per heavy atom. The van der Waals surface area contributed by atoms with E-state index in [2.05, 4.69) is 35.2 Å². The SMILES string of the molecule is O=C(CCn1cncn1)NCc1cccnc1N1CCN(c2ccccn2)CC1. The van der Waals surface area contributed by atoms with Crippen molar-refractivity contribution in [3.8, 4) is 0 Å². The van der Waals surface area contributed by atoms with Gasteiger partial charge in [-0.05, 0) is 18.2 Å². The van der Waals surface area contributed by atoms with Crippen molar-refractivity contribution in [2.45, 2.75) is 19.5 Å². The van der Waals surface area contributed by atoms with Crippen LogP contribution in [0.4, 0.5) is 11.6 Å². The fourth-order valence-corrected chi connectivity index (χ4v) is 3.39. The minimum absolute atomic E-state index is 0.0183. The van der Waals surface area contributed by atoms with Gasteiger partial charge in [-0.2, -0.15) is 5.10 Å². The summed E-state index contributed by atoms with van der Waals surface area (Å²) in [6.45, 7) is 4.47. The summed E-state index contributed by atoms with van der Waals surface area (Å²) in [7, 11) is 0. The molecule has 9 heteroatoms. The van der Waals surface area contributed by atoms with Gasteiger partial charge in [0.1, 0.15) is 24.3 Å². The quantitative estimate of drug-likeness (QED) is 0.644. The summed E-state index contributed by atoms with van der Waals surface area (Å²) in [6, 6.07) is 9.91. The summed E-state index contributed by atoms with van der Waals surface area (Å²) in [6.07, 6.45) is 7.06. The molecule has 1 fully saturated rings. The van der Waals surface area contributed by atoms with E-state index < -0.39 is 0 Å². The van der Waals surface area contributed by atoms with Crippen molar-refractivity contribution in [3.05, 3.63) is 60.9 Å². The maximum Gasteiger partial charge on any atom is 0.222 e. The van der Waals surface area contributed by atoms with Crippen molar-refractivity contribution >= 4 is 17.5 Å². The monoisotopic (exact) mass is 392 g/mol. The molecule has 1 aliphatic heterocycles. The highest BCUT2D eigenvalue weighted by Gasteiger charge is 2.21. The minimum Gasteiger partial charge on any atom is -0.353 e. The fourth-order valence-electron chi connectivity index (χ4n) is 3.39. The highest BCUT2D eigenvalue weighted by molar-refractivity contribution is 5.76. The molecule has 150 valence electrons. The van der Waals surface area contributed by atoms with E-state index in [9.17, 15) is 4.79 Å². The topological polar surface area (TPSA) is 92.1 Å². The third-order valence-corrected chi connectivity index (χ3v) is 4.93. The molecule has 0 aliphatic carbocycles. The third kappa shape index (κ3) is 4.87. The van der Waals surface area contributed by atoms with Gasteiger partial charge in [0.05, 0.1) is 6.54 Å². The zero-order valence-electron chi connectivity index (χ0n) is 16.2. The Morgan fingerprint density at radius 3 is 2.59 bits per heavy atom. The maximum absolute atomic E-state index is 12.2. The molecule has 1 N–H and O–H groups in total. The Kier molecular flexibility index (Phi) is 5.94. The molecule has 0 aromatic carbocycles. The van der Waals surface area contributed by atoms with Crippen molar-refractivity contribution in [3.63, 3.8) is 0 Å². The Hall–Kier alpha value is -3.49. The third-order valence-electron chi connectivity index (χ3n) is 4.93. The average molecular weight is 392 g/mol. The van der Waals surface area contributed by atoms with Gasteiger partial charge >= 0.3 is 0 Å². The number of nitrogens with zero attached hydrogens (tertiary/aromatic N) is 7. The van der Waals surface area contributed by atoms with Crippen LogP contribution < -0.4 is 15.1 Å². The lowest BCUT2D eigenvalue weighted by atomic mass is 10.2. The van der Waals surface area contributed by atoms with Gasteiger partial charge < -0.3 is 15.1 Å². The number of pyridine rings is 2. The molecule has 9 nitrogen and oxygen atoms in total. The summed E-state index contributed by atoms with van der Waals surface area (Å²) < 4.78 is 1.65. The molecule has 0 atom stereocenters. The Morgan fingerprint density at radius 2 is 1.83 bits per heavy atom. The standard InChI is InChI=1S/C20H24N8O/c29-19(6-9-28-16-21-15-25-28)24-14-17-4-3-8-23-20(17)27-12-10-26(11-13-27)18-5-1-2-7-22-18/h1-5,7-8,15-16H,6,9-14H2,(H,24,29). The first-order valence-corrected chi connectivity index (χ1v) is 9.73. The minimum atomic E-state index is -0.0183. The van der Waals surface area contributed by atoms with Crippen molar-refractivity contribution in [2.75, 3.05) is 36.0 Å². The molecular weight excluding hydrogens is 368 g/mol. The first kappa shape index (κ1) is 18.9. The van der Waals surface area contributed by atoms with Crippen LogP contribution in [0, 0.1) is 0 Å². The fraction of sp³-hybridized carbons (Fsp3) is 0.350. The van der Waals surface area contributed by atoms with Crippen LogP contribution >= 0.6 is 0 Å². The van der Waals surface area contributed by atoms with Crippen LogP contribution in [0.1, 0.15) is 12.0 Å². The van der Waals surface area contributed by atoms with E-state index in [-0.39, 0.29) is 5.91 Å². The van der Waals surface area contributed by atoms with Crippen molar-refractivity contribution in [1.82, 2.24) is 30.0 Å². The van der Waals surface area contributed by atoms with E-state index in [1.807, 2.05) is 36.5 Å².